The van der Waals surface area contributed by atoms with Gasteiger partial charge in [0.05, 0.1) is 12.6 Å². The van der Waals surface area contributed by atoms with Crippen LogP contribution in [-0.4, -0.2) is 49.2 Å². The van der Waals surface area contributed by atoms with Gasteiger partial charge in [-0.3, -0.25) is 4.79 Å². The van der Waals surface area contributed by atoms with Gasteiger partial charge < -0.3 is 15.0 Å². The Morgan fingerprint density at radius 1 is 1.56 bits per heavy atom. The Hall–Kier alpha value is -0.610. The van der Waals surface area contributed by atoms with Crippen LogP contribution in [0.2, 0.25) is 0 Å². The number of rotatable bonds is 6. The van der Waals surface area contributed by atoms with E-state index < -0.39 is 0 Å². The lowest BCUT2D eigenvalue weighted by atomic mass is 10.2. The van der Waals surface area contributed by atoms with Crippen LogP contribution in [0.4, 0.5) is 0 Å². The van der Waals surface area contributed by atoms with Crippen molar-refractivity contribution in [2.45, 2.75) is 45.8 Å². The molecule has 1 aliphatic rings. The summed E-state index contributed by atoms with van der Waals surface area (Å²) in [5, 5.41) is 3.15. The molecule has 0 aromatic rings. The van der Waals surface area contributed by atoms with E-state index >= 15 is 0 Å². The van der Waals surface area contributed by atoms with Crippen LogP contribution in [0.25, 0.3) is 0 Å². The van der Waals surface area contributed by atoms with Crippen LogP contribution in [-0.2, 0) is 9.53 Å². The highest BCUT2D eigenvalue weighted by molar-refractivity contribution is 5.78. The molecule has 4 heteroatoms. The Morgan fingerprint density at radius 3 is 2.81 bits per heavy atom. The highest BCUT2D eigenvalue weighted by atomic mass is 16.5. The molecule has 0 spiro atoms. The van der Waals surface area contributed by atoms with E-state index in [4.69, 9.17) is 4.74 Å². The minimum atomic E-state index is 0.173. The van der Waals surface area contributed by atoms with E-state index in [0.717, 1.165) is 32.5 Å². The molecule has 1 aliphatic heterocycles. The number of likely N-dealkylation sites (N-methyl/N-ethyl adjacent to an activating group) is 1. The third-order valence-corrected chi connectivity index (χ3v) is 2.84. The van der Waals surface area contributed by atoms with Crippen molar-refractivity contribution in [3.63, 3.8) is 0 Å². The average molecular weight is 228 g/mol. The molecule has 0 bridgehead atoms. The number of hydrogen-bond donors (Lipinski definition) is 1. The third kappa shape index (κ3) is 4.49. The molecule has 1 amide bonds. The molecule has 1 heterocycles. The fourth-order valence-corrected chi connectivity index (χ4v) is 1.84. The first-order valence-electron chi connectivity index (χ1n) is 6.26. The zero-order chi connectivity index (χ0) is 12.0. The number of carbonyl (C=O) groups excluding carboxylic acids is 1. The van der Waals surface area contributed by atoms with Crippen molar-refractivity contribution in [1.29, 1.82) is 0 Å². The first-order valence-corrected chi connectivity index (χ1v) is 6.26. The largest absolute Gasteiger partial charge is 0.376 e. The SMILES string of the molecule is CCN(CC1CCCO1)C(=O)CNC(C)C. The normalized spacial score (nSPS) is 20.4. The van der Waals surface area contributed by atoms with Gasteiger partial charge in [-0.2, -0.15) is 0 Å². The monoisotopic (exact) mass is 228 g/mol. The van der Waals surface area contributed by atoms with E-state index in [-0.39, 0.29) is 12.0 Å². The highest BCUT2D eigenvalue weighted by Gasteiger charge is 2.21. The zero-order valence-electron chi connectivity index (χ0n) is 10.7. The van der Waals surface area contributed by atoms with Crippen molar-refractivity contribution in [2.75, 3.05) is 26.2 Å². The summed E-state index contributed by atoms with van der Waals surface area (Å²) in [4.78, 5) is 13.8. The van der Waals surface area contributed by atoms with Crippen molar-refractivity contribution < 1.29 is 9.53 Å². The average Bonchev–Trinajstić information content (AvgIpc) is 2.75. The Bertz CT molecular complexity index is 213. The molecule has 0 radical (unpaired) electrons. The molecule has 1 unspecified atom stereocenters. The van der Waals surface area contributed by atoms with E-state index in [9.17, 15) is 4.79 Å². The molecule has 0 aliphatic carbocycles. The molecule has 1 atom stereocenters. The topological polar surface area (TPSA) is 41.6 Å². The molecule has 0 aromatic heterocycles. The molecular weight excluding hydrogens is 204 g/mol. The fourth-order valence-electron chi connectivity index (χ4n) is 1.84. The lowest BCUT2D eigenvalue weighted by molar-refractivity contribution is -0.131. The van der Waals surface area contributed by atoms with Gasteiger partial charge in [0.25, 0.3) is 0 Å². The Balaban J connectivity index is 2.30. The van der Waals surface area contributed by atoms with Crippen LogP contribution < -0.4 is 5.32 Å². The first kappa shape index (κ1) is 13.5. The lowest BCUT2D eigenvalue weighted by Gasteiger charge is -2.24. The predicted octanol–water partition coefficient (Wildman–Crippen LogP) is 1.01. The van der Waals surface area contributed by atoms with Gasteiger partial charge in [0.15, 0.2) is 0 Å². The van der Waals surface area contributed by atoms with Crippen molar-refractivity contribution in [2.24, 2.45) is 0 Å². The molecule has 16 heavy (non-hydrogen) atoms. The van der Waals surface area contributed by atoms with Gasteiger partial charge in [-0.25, -0.2) is 0 Å². The van der Waals surface area contributed by atoms with Gasteiger partial charge in [-0.15, -0.1) is 0 Å². The second kappa shape index (κ2) is 6.86. The Kier molecular flexibility index (Phi) is 5.77. The molecule has 1 saturated heterocycles. The van der Waals surface area contributed by atoms with E-state index in [1.807, 2.05) is 25.7 Å². The number of nitrogens with zero attached hydrogens (tertiary/aromatic N) is 1. The molecule has 94 valence electrons. The van der Waals surface area contributed by atoms with Gasteiger partial charge in [-0.1, -0.05) is 13.8 Å². The van der Waals surface area contributed by atoms with Crippen molar-refractivity contribution in [3.8, 4) is 0 Å². The Labute approximate surface area is 98.3 Å². The first-order chi connectivity index (χ1) is 7.63. The molecule has 4 nitrogen and oxygen atoms in total. The van der Waals surface area contributed by atoms with Gasteiger partial charge >= 0.3 is 0 Å². The maximum Gasteiger partial charge on any atom is 0.236 e. The fraction of sp³-hybridized carbons (Fsp3) is 0.917. The van der Waals surface area contributed by atoms with Crippen LogP contribution >= 0.6 is 0 Å². The standard InChI is InChI=1S/C12H24N2O2/c1-4-14(9-11-6-5-7-16-11)12(15)8-13-10(2)3/h10-11,13H,4-9H2,1-3H3. The summed E-state index contributed by atoms with van der Waals surface area (Å²) in [7, 11) is 0. The summed E-state index contributed by atoms with van der Waals surface area (Å²) < 4.78 is 5.55. The second-order valence-electron chi connectivity index (χ2n) is 4.60. The molecule has 1 rings (SSSR count). The third-order valence-electron chi connectivity index (χ3n) is 2.84. The minimum absolute atomic E-state index is 0.173. The van der Waals surface area contributed by atoms with Crippen LogP contribution in [0.1, 0.15) is 33.6 Å². The van der Waals surface area contributed by atoms with Gasteiger partial charge in [0.2, 0.25) is 5.91 Å². The zero-order valence-corrected chi connectivity index (χ0v) is 10.7. The molecule has 1 N–H and O–H groups in total. The smallest absolute Gasteiger partial charge is 0.236 e. The quantitative estimate of drug-likeness (QED) is 0.738. The van der Waals surface area contributed by atoms with Crippen molar-refractivity contribution in [1.82, 2.24) is 10.2 Å². The number of carbonyl (C=O) groups is 1. The summed E-state index contributed by atoms with van der Waals surface area (Å²) in [5.74, 6) is 0.173. The number of nitrogens with one attached hydrogen (secondary N) is 1. The molecule has 1 fully saturated rings. The number of hydrogen-bond acceptors (Lipinski definition) is 3. The van der Waals surface area contributed by atoms with E-state index in [2.05, 4.69) is 5.32 Å². The summed E-state index contributed by atoms with van der Waals surface area (Å²) in [5.41, 5.74) is 0. The van der Waals surface area contributed by atoms with Crippen molar-refractivity contribution >= 4 is 5.91 Å². The summed E-state index contributed by atoms with van der Waals surface area (Å²) in [6, 6.07) is 0.352. The van der Waals surface area contributed by atoms with Crippen LogP contribution in [0.15, 0.2) is 0 Å². The van der Waals surface area contributed by atoms with E-state index in [1.165, 1.54) is 0 Å². The van der Waals surface area contributed by atoms with Crippen LogP contribution in [0.3, 0.4) is 0 Å². The highest BCUT2D eigenvalue weighted by Crippen LogP contribution is 2.13. The summed E-state index contributed by atoms with van der Waals surface area (Å²) >= 11 is 0. The molecular formula is C12H24N2O2. The van der Waals surface area contributed by atoms with Gasteiger partial charge in [-0.05, 0) is 19.8 Å². The predicted molar refractivity (Wildman–Crippen MR) is 64.4 cm³/mol. The summed E-state index contributed by atoms with van der Waals surface area (Å²) in [6.07, 6.45) is 2.46. The number of ether oxygens (including phenoxy) is 1. The van der Waals surface area contributed by atoms with Crippen LogP contribution in [0.5, 0.6) is 0 Å². The minimum Gasteiger partial charge on any atom is -0.376 e. The van der Waals surface area contributed by atoms with Gasteiger partial charge in [0.1, 0.15) is 0 Å². The summed E-state index contributed by atoms with van der Waals surface area (Å²) in [6.45, 7) is 8.89. The lowest BCUT2D eigenvalue weighted by Crippen LogP contribution is -2.43. The maximum absolute atomic E-state index is 11.9. The van der Waals surface area contributed by atoms with E-state index in [0.29, 0.717) is 12.6 Å². The molecule has 0 saturated carbocycles. The number of amides is 1. The second-order valence-corrected chi connectivity index (χ2v) is 4.60. The van der Waals surface area contributed by atoms with Crippen molar-refractivity contribution in [3.05, 3.63) is 0 Å². The van der Waals surface area contributed by atoms with E-state index in [1.54, 1.807) is 0 Å². The maximum atomic E-state index is 11.9. The van der Waals surface area contributed by atoms with Gasteiger partial charge in [0, 0.05) is 25.7 Å². The Morgan fingerprint density at radius 2 is 2.31 bits per heavy atom. The molecule has 0 aromatic carbocycles. The van der Waals surface area contributed by atoms with Crippen LogP contribution in [0, 0.1) is 0 Å².